The van der Waals surface area contributed by atoms with Gasteiger partial charge in [0, 0.05) is 30.9 Å². The first-order chi connectivity index (χ1) is 16.0. The number of rotatable bonds is 6. The lowest BCUT2D eigenvalue weighted by Gasteiger charge is -2.33. The molecule has 1 aliphatic carbocycles. The van der Waals surface area contributed by atoms with Crippen molar-refractivity contribution in [1.29, 1.82) is 0 Å². The third-order valence-corrected chi connectivity index (χ3v) is 6.44. The predicted molar refractivity (Wildman–Crippen MR) is 125 cm³/mol. The highest BCUT2D eigenvalue weighted by Gasteiger charge is 2.39. The smallest absolute Gasteiger partial charge is 0.254 e. The van der Waals surface area contributed by atoms with Crippen LogP contribution in [0, 0.1) is 0 Å². The molecule has 33 heavy (non-hydrogen) atoms. The third-order valence-electron chi connectivity index (χ3n) is 6.44. The Labute approximate surface area is 193 Å². The molecule has 0 bridgehead atoms. The van der Waals surface area contributed by atoms with Gasteiger partial charge in [-0.25, -0.2) is 0 Å². The number of likely N-dealkylation sites (tertiary alicyclic amines) is 1. The summed E-state index contributed by atoms with van der Waals surface area (Å²) in [6.45, 7) is 0.417. The SMILES string of the molecule is CON=C1C[C@@H](C(=O)NCC2(O)CCCCC2)N(C(=O)c2ccc(-c3cccnc3)cc2)C1. The summed E-state index contributed by atoms with van der Waals surface area (Å²) in [7, 11) is 1.45. The second-order valence-electron chi connectivity index (χ2n) is 8.81. The summed E-state index contributed by atoms with van der Waals surface area (Å²) in [4.78, 5) is 36.9. The molecule has 2 heterocycles. The first kappa shape index (κ1) is 22.9. The summed E-state index contributed by atoms with van der Waals surface area (Å²) in [5.41, 5.74) is 2.18. The van der Waals surface area contributed by atoms with Crippen LogP contribution in [0.2, 0.25) is 0 Å². The van der Waals surface area contributed by atoms with Crippen molar-refractivity contribution in [2.24, 2.45) is 5.16 Å². The molecule has 0 spiro atoms. The van der Waals surface area contributed by atoms with Crippen molar-refractivity contribution in [3.8, 4) is 11.1 Å². The van der Waals surface area contributed by atoms with Crippen LogP contribution in [0.15, 0.2) is 53.9 Å². The summed E-state index contributed by atoms with van der Waals surface area (Å²) < 4.78 is 0. The summed E-state index contributed by atoms with van der Waals surface area (Å²) in [6, 6.07) is 10.4. The van der Waals surface area contributed by atoms with Crippen molar-refractivity contribution in [3.05, 3.63) is 54.4 Å². The zero-order valence-electron chi connectivity index (χ0n) is 18.9. The molecule has 4 rings (SSSR count). The van der Waals surface area contributed by atoms with E-state index < -0.39 is 11.6 Å². The van der Waals surface area contributed by atoms with Crippen LogP contribution in [0.25, 0.3) is 11.1 Å². The van der Waals surface area contributed by atoms with E-state index in [2.05, 4.69) is 15.5 Å². The van der Waals surface area contributed by atoms with Crippen molar-refractivity contribution in [3.63, 3.8) is 0 Å². The van der Waals surface area contributed by atoms with Crippen LogP contribution in [0.4, 0.5) is 0 Å². The third kappa shape index (κ3) is 5.39. The summed E-state index contributed by atoms with van der Waals surface area (Å²) >= 11 is 0. The van der Waals surface area contributed by atoms with Crippen molar-refractivity contribution in [2.45, 2.75) is 50.2 Å². The fourth-order valence-corrected chi connectivity index (χ4v) is 4.61. The number of pyridine rings is 1. The summed E-state index contributed by atoms with van der Waals surface area (Å²) in [5, 5.41) is 17.6. The predicted octanol–water partition coefficient (Wildman–Crippen LogP) is 2.78. The Morgan fingerprint density at radius 3 is 2.61 bits per heavy atom. The summed E-state index contributed by atoms with van der Waals surface area (Å²) in [6.07, 6.45) is 8.17. The lowest BCUT2D eigenvalue weighted by Crippen LogP contribution is -2.50. The van der Waals surface area contributed by atoms with Crippen LogP contribution in [0.1, 0.15) is 48.9 Å². The van der Waals surface area contributed by atoms with Gasteiger partial charge in [-0.1, -0.05) is 42.6 Å². The van der Waals surface area contributed by atoms with Gasteiger partial charge in [0.2, 0.25) is 5.91 Å². The van der Waals surface area contributed by atoms with Gasteiger partial charge < -0.3 is 20.2 Å². The molecule has 1 atom stereocenters. The molecule has 8 heteroatoms. The van der Waals surface area contributed by atoms with E-state index in [1.54, 1.807) is 24.5 Å². The fourth-order valence-electron chi connectivity index (χ4n) is 4.61. The average Bonchev–Trinajstić information content (AvgIpc) is 3.27. The number of benzene rings is 1. The number of carbonyl (C=O) groups excluding carboxylic acids is 2. The number of nitrogens with zero attached hydrogens (tertiary/aromatic N) is 3. The molecular weight excluding hydrogens is 420 g/mol. The number of nitrogens with one attached hydrogen (secondary N) is 1. The van der Waals surface area contributed by atoms with Crippen molar-refractivity contribution in [1.82, 2.24) is 15.2 Å². The van der Waals surface area contributed by atoms with Gasteiger partial charge in [0.15, 0.2) is 0 Å². The van der Waals surface area contributed by atoms with E-state index in [0.29, 0.717) is 30.5 Å². The number of amides is 2. The quantitative estimate of drug-likeness (QED) is 0.659. The number of oxime groups is 1. The molecule has 2 aliphatic rings. The van der Waals surface area contributed by atoms with Gasteiger partial charge >= 0.3 is 0 Å². The average molecular weight is 451 g/mol. The largest absolute Gasteiger partial charge is 0.399 e. The maximum Gasteiger partial charge on any atom is 0.254 e. The molecule has 174 valence electrons. The second kappa shape index (κ2) is 10.1. The van der Waals surface area contributed by atoms with Crippen LogP contribution in [0.5, 0.6) is 0 Å². The van der Waals surface area contributed by atoms with E-state index in [1.807, 2.05) is 24.3 Å². The Kier molecular flexibility index (Phi) is 7.03. The maximum atomic E-state index is 13.3. The number of aromatic nitrogens is 1. The number of hydrogen-bond acceptors (Lipinski definition) is 6. The second-order valence-corrected chi connectivity index (χ2v) is 8.81. The van der Waals surface area contributed by atoms with Gasteiger partial charge in [-0.05, 0) is 42.2 Å². The number of aliphatic hydroxyl groups is 1. The zero-order valence-corrected chi connectivity index (χ0v) is 18.9. The molecular formula is C25H30N4O4. The molecule has 1 aromatic carbocycles. The van der Waals surface area contributed by atoms with Crippen LogP contribution >= 0.6 is 0 Å². The fraction of sp³-hybridized carbons (Fsp3) is 0.440. The monoisotopic (exact) mass is 450 g/mol. The minimum Gasteiger partial charge on any atom is -0.399 e. The number of hydrogen-bond donors (Lipinski definition) is 2. The molecule has 1 aromatic heterocycles. The highest BCUT2D eigenvalue weighted by atomic mass is 16.6. The van der Waals surface area contributed by atoms with Gasteiger partial charge in [-0.15, -0.1) is 0 Å². The van der Waals surface area contributed by atoms with Gasteiger partial charge in [0.25, 0.3) is 5.91 Å². The van der Waals surface area contributed by atoms with Crippen LogP contribution in [-0.2, 0) is 9.63 Å². The van der Waals surface area contributed by atoms with Crippen molar-refractivity contribution >= 4 is 17.5 Å². The Balaban J connectivity index is 1.48. The lowest BCUT2D eigenvalue weighted by molar-refractivity contribution is -0.126. The van der Waals surface area contributed by atoms with Gasteiger partial charge in [-0.2, -0.15) is 0 Å². The Bertz CT molecular complexity index is 1000. The van der Waals surface area contributed by atoms with E-state index in [0.717, 1.165) is 30.4 Å². The summed E-state index contributed by atoms with van der Waals surface area (Å²) in [5.74, 6) is -0.527. The molecule has 8 nitrogen and oxygen atoms in total. The molecule has 1 saturated heterocycles. The molecule has 2 aromatic rings. The molecule has 0 radical (unpaired) electrons. The van der Waals surface area contributed by atoms with Crippen LogP contribution < -0.4 is 5.32 Å². The first-order valence-corrected chi connectivity index (χ1v) is 11.4. The molecule has 2 fully saturated rings. The standard InChI is InChI=1S/C25H30N4O4/c1-33-28-21-14-22(23(30)27-17-25(32)11-3-2-4-12-25)29(16-21)24(31)19-9-7-18(8-10-19)20-6-5-13-26-15-20/h5-10,13,15,22,32H,2-4,11-12,14,16-17H2,1H3,(H,27,30)/t22-/m0/s1. The van der Waals surface area contributed by atoms with E-state index in [9.17, 15) is 14.7 Å². The Morgan fingerprint density at radius 1 is 1.18 bits per heavy atom. The zero-order chi connectivity index (χ0) is 23.3. The van der Waals surface area contributed by atoms with E-state index >= 15 is 0 Å². The van der Waals surface area contributed by atoms with Crippen molar-refractivity contribution < 1.29 is 19.5 Å². The number of carbonyl (C=O) groups is 2. The van der Waals surface area contributed by atoms with Gasteiger partial charge in [0.05, 0.1) is 17.9 Å². The van der Waals surface area contributed by atoms with E-state index in [-0.39, 0.29) is 24.9 Å². The van der Waals surface area contributed by atoms with E-state index in [1.165, 1.54) is 12.0 Å². The minimum atomic E-state index is -0.868. The first-order valence-electron chi connectivity index (χ1n) is 11.4. The van der Waals surface area contributed by atoms with Gasteiger partial charge in [0.1, 0.15) is 13.2 Å². The minimum absolute atomic E-state index is 0.195. The van der Waals surface area contributed by atoms with Gasteiger partial charge in [-0.3, -0.25) is 14.6 Å². The van der Waals surface area contributed by atoms with Crippen molar-refractivity contribution in [2.75, 3.05) is 20.2 Å². The Hall–Kier alpha value is -3.26. The highest BCUT2D eigenvalue weighted by Crippen LogP contribution is 2.28. The molecule has 0 unspecified atom stereocenters. The lowest BCUT2D eigenvalue weighted by atomic mass is 9.85. The van der Waals surface area contributed by atoms with E-state index in [4.69, 9.17) is 4.84 Å². The topological polar surface area (TPSA) is 104 Å². The van der Waals surface area contributed by atoms with Crippen LogP contribution in [-0.4, -0.2) is 64.4 Å². The maximum absolute atomic E-state index is 13.3. The molecule has 2 amide bonds. The normalized spacial score (nSPS) is 21.1. The Morgan fingerprint density at radius 2 is 1.94 bits per heavy atom. The molecule has 2 N–H and O–H groups in total. The highest BCUT2D eigenvalue weighted by molar-refractivity contribution is 6.05. The van der Waals surface area contributed by atoms with Crippen LogP contribution in [0.3, 0.4) is 0 Å². The molecule has 1 saturated carbocycles. The molecule has 1 aliphatic heterocycles.